The summed E-state index contributed by atoms with van der Waals surface area (Å²) in [6.07, 6.45) is 3.82. The predicted molar refractivity (Wildman–Crippen MR) is 85.7 cm³/mol. The molecule has 0 fully saturated rings. The van der Waals surface area contributed by atoms with E-state index in [1.54, 1.807) is 7.11 Å². The summed E-state index contributed by atoms with van der Waals surface area (Å²) in [5, 5.41) is 2.89. The van der Waals surface area contributed by atoms with Crippen molar-refractivity contribution in [1.29, 1.82) is 0 Å². The van der Waals surface area contributed by atoms with Gasteiger partial charge in [0.05, 0.1) is 18.7 Å². The van der Waals surface area contributed by atoms with Crippen molar-refractivity contribution in [3.63, 3.8) is 0 Å². The summed E-state index contributed by atoms with van der Waals surface area (Å²) in [7, 11) is 1.61. The third-order valence-corrected chi connectivity index (χ3v) is 3.75. The number of benzene rings is 1. The van der Waals surface area contributed by atoms with Crippen LogP contribution in [0.15, 0.2) is 34.7 Å². The van der Waals surface area contributed by atoms with Crippen molar-refractivity contribution in [3.05, 3.63) is 41.1 Å². The largest absolute Gasteiger partial charge is 0.495 e. The number of hydrogen-bond acceptors (Lipinski definition) is 2. The Morgan fingerprint density at radius 2 is 2.05 bits per heavy atom. The van der Waals surface area contributed by atoms with Gasteiger partial charge >= 0.3 is 0 Å². The van der Waals surface area contributed by atoms with Crippen LogP contribution in [0.4, 0.5) is 0 Å². The maximum atomic E-state index is 6.15. The van der Waals surface area contributed by atoms with Crippen LogP contribution in [-0.2, 0) is 6.54 Å². The third kappa shape index (κ3) is 4.51. The second kappa shape index (κ2) is 8.11. The lowest BCUT2D eigenvalue weighted by molar-refractivity contribution is -0.672. The lowest BCUT2D eigenvalue weighted by Crippen LogP contribution is -2.82. The summed E-state index contributed by atoms with van der Waals surface area (Å²) < 4.78 is 11.0. The Morgan fingerprint density at radius 1 is 1.19 bits per heavy atom. The summed E-state index contributed by atoms with van der Waals surface area (Å²) in [6.45, 7) is 4.25. The fourth-order valence-corrected chi connectivity index (χ4v) is 2.50. The van der Waals surface area contributed by atoms with Crippen LogP contribution < -0.4 is 10.1 Å². The molecular formula is C17H23ClNO2+. The minimum Gasteiger partial charge on any atom is -0.495 e. The lowest BCUT2D eigenvalue weighted by Gasteiger charge is -2.04. The average molecular weight is 309 g/mol. The Kier molecular flexibility index (Phi) is 6.15. The maximum Gasteiger partial charge on any atom is 0.158 e. The van der Waals surface area contributed by atoms with E-state index in [0.29, 0.717) is 10.8 Å². The molecule has 0 aliphatic heterocycles. The highest BCUT2D eigenvalue weighted by molar-refractivity contribution is 6.32. The molecule has 3 nitrogen and oxygen atoms in total. The van der Waals surface area contributed by atoms with Crippen molar-refractivity contribution >= 4 is 11.6 Å². The second-order valence-corrected chi connectivity index (χ2v) is 5.51. The molecule has 1 aromatic carbocycles. The molecular weight excluding hydrogens is 286 g/mol. The van der Waals surface area contributed by atoms with Crippen molar-refractivity contribution in [1.82, 2.24) is 0 Å². The van der Waals surface area contributed by atoms with Crippen LogP contribution in [-0.4, -0.2) is 13.7 Å². The van der Waals surface area contributed by atoms with Crippen LogP contribution in [0.1, 0.15) is 31.9 Å². The molecule has 0 bridgehead atoms. The number of ether oxygens (including phenoxy) is 1. The summed E-state index contributed by atoms with van der Waals surface area (Å²) in [4.78, 5) is 0. The van der Waals surface area contributed by atoms with Gasteiger partial charge in [0.15, 0.2) is 5.76 Å². The molecule has 0 amide bonds. The van der Waals surface area contributed by atoms with Gasteiger partial charge in [-0.05, 0) is 43.2 Å². The lowest BCUT2D eigenvalue weighted by atomic mass is 10.2. The van der Waals surface area contributed by atoms with Crippen LogP contribution >= 0.6 is 11.6 Å². The fourth-order valence-electron chi connectivity index (χ4n) is 2.25. The number of furan rings is 1. The number of methoxy groups -OCH3 is 1. The zero-order valence-corrected chi connectivity index (χ0v) is 13.5. The molecule has 1 heterocycles. The van der Waals surface area contributed by atoms with Crippen molar-refractivity contribution < 1.29 is 14.5 Å². The fraction of sp³-hybridized carbons (Fsp3) is 0.412. The number of hydrogen-bond donors (Lipinski definition) is 1. The Labute approximate surface area is 131 Å². The van der Waals surface area contributed by atoms with Gasteiger partial charge in [0, 0.05) is 5.56 Å². The minimum atomic E-state index is 0.596. The zero-order chi connectivity index (χ0) is 15.1. The van der Waals surface area contributed by atoms with Crippen LogP contribution in [0.3, 0.4) is 0 Å². The van der Waals surface area contributed by atoms with Crippen molar-refractivity contribution in [3.8, 4) is 17.1 Å². The molecule has 2 aromatic rings. The van der Waals surface area contributed by atoms with E-state index in [0.717, 1.165) is 30.2 Å². The summed E-state index contributed by atoms with van der Waals surface area (Å²) in [6, 6.07) is 9.71. The number of unbranched alkanes of at least 4 members (excludes halogenated alkanes) is 2. The maximum absolute atomic E-state index is 6.15. The molecule has 21 heavy (non-hydrogen) atoms. The minimum absolute atomic E-state index is 0.596. The van der Waals surface area contributed by atoms with E-state index in [2.05, 4.69) is 12.2 Å². The van der Waals surface area contributed by atoms with Gasteiger partial charge in [-0.1, -0.05) is 24.9 Å². The van der Waals surface area contributed by atoms with E-state index < -0.39 is 0 Å². The van der Waals surface area contributed by atoms with Crippen molar-refractivity contribution in [2.75, 3.05) is 13.7 Å². The van der Waals surface area contributed by atoms with E-state index in [4.69, 9.17) is 20.8 Å². The van der Waals surface area contributed by atoms with Gasteiger partial charge in [0.1, 0.15) is 18.1 Å². The van der Waals surface area contributed by atoms with Gasteiger partial charge in [-0.25, -0.2) is 0 Å². The van der Waals surface area contributed by atoms with Gasteiger partial charge in [0.2, 0.25) is 0 Å². The predicted octanol–water partition coefficient (Wildman–Crippen LogP) is 3.86. The Balaban J connectivity index is 1.94. The highest BCUT2D eigenvalue weighted by atomic mass is 35.5. The number of halogens is 1. The molecule has 0 spiro atoms. The normalized spacial score (nSPS) is 10.8. The first kappa shape index (κ1) is 15.9. The Bertz CT molecular complexity index is 566. The molecule has 0 aliphatic rings. The summed E-state index contributed by atoms with van der Waals surface area (Å²) in [5.41, 5.74) is 0.970. The third-order valence-electron chi connectivity index (χ3n) is 3.46. The van der Waals surface area contributed by atoms with Crippen LogP contribution in [0.25, 0.3) is 11.3 Å². The van der Waals surface area contributed by atoms with Crippen molar-refractivity contribution in [2.45, 2.75) is 32.7 Å². The highest BCUT2D eigenvalue weighted by Gasteiger charge is 2.08. The number of nitrogens with two attached hydrogens (primary N) is 1. The average Bonchev–Trinajstić information content (AvgIpc) is 2.96. The van der Waals surface area contributed by atoms with Gasteiger partial charge in [-0.2, -0.15) is 0 Å². The topological polar surface area (TPSA) is 39.0 Å². The summed E-state index contributed by atoms with van der Waals surface area (Å²) in [5.74, 6) is 2.52. The Hall–Kier alpha value is -1.45. The molecule has 0 aliphatic carbocycles. The molecule has 0 saturated carbocycles. The first-order valence-corrected chi connectivity index (χ1v) is 7.86. The highest BCUT2D eigenvalue weighted by Crippen LogP contribution is 2.30. The molecule has 4 heteroatoms. The van der Waals surface area contributed by atoms with E-state index in [-0.39, 0.29) is 0 Å². The molecule has 0 atom stereocenters. The van der Waals surface area contributed by atoms with Gasteiger partial charge in [0.25, 0.3) is 0 Å². The molecule has 114 valence electrons. The smallest absolute Gasteiger partial charge is 0.158 e. The molecule has 0 radical (unpaired) electrons. The van der Waals surface area contributed by atoms with E-state index in [9.17, 15) is 0 Å². The van der Waals surface area contributed by atoms with Gasteiger partial charge < -0.3 is 14.5 Å². The molecule has 2 rings (SSSR count). The Morgan fingerprint density at radius 3 is 2.76 bits per heavy atom. The zero-order valence-electron chi connectivity index (χ0n) is 12.7. The number of quaternary nitrogens is 1. The quantitative estimate of drug-likeness (QED) is 0.752. The van der Waals surface area contributed by atoms with E-state index in [1.165, 1.54) is 19.3 Å². The van der Waals surface area contributed by atoms with Crippen LogP contribution in [0.5, 0.6) is 5.75 Å². The molecule has 1 aromatic heterocycles. The first-order chi connectivity index (χ1) is 10.2. The van der Waals surface area contributed by atoms with E-state index >= 15 is 0 Å². The first-order valence-electron chi connectivity index (χ1n) is 7.49. The monoisotopic (exact) mass is 308 g/mol. The molecule has 0 unspecified atom stereocenters. The molecule has 2 N–H and O–H groups in total. The summed E-state index contributed by atoms with van der Waals surface area (Å²) >= 11 is 6.15. The van der Waals surface area contributed by atoms with Gasteiger partial charge in [-0.3, -0.25) is 0 Å². The molecule has 0 saturated heterocycles. The standard InChI is InChI=1S/C17H22ClNO2/c1-3-4-5-10-19-12-14-7-9-16(21-14)13-6-8-17(20-2)15(18)11-13/h6-9,11,19H,3-5,10,12H2,1-2H3/p+1. The van der Waals surface area contributed by atoms with Crippen LogP contribution in [0, 0.1) is 0 Å². The van der Waals surface area contributed by atoms with Gasteiger partial charge in [-0.15, -0.1) is 0 Å². The second-order valence-electron chi connectivity index (χ2n) is 5.10. The van der Waals surface area contributed by atoms with E-state index in [1.807, 2.05) is 30.3 Å². The SMILES string of the molecule is CCCCC[NH2+]Cc1ccc(-c2ccc(OC)c(Cl)c2)o1. The number of rotatable bonds is 8. The van der Waals surface area contributed by atoms with Crippen LogP contribution in [0.2, 0.25) is 5.02 Å². The van der Waals surface area contributed by atoms with Crippen molar-refractivity contribution in [2.24, 2.45) is 0 Å².